The van der Waals surface area contributed by atoms with Crippen molar-refractivity contribution in [1.29, 1.82) is 0 Å². The van der Waals surface area contributed by atoms with Crippen molar-refractivity contribution in [2.45, 2.75) is 6.92 Å². The number of piperazine rings is 1. The maximum Gasteiger partial charge on any atom is 0.339 e. The van der Waals surface area contributed by atoms with E-state index in [0.29, 0.717) is 21.5 Å². The van der Waals surface area contributed by atoms with E-state index in [4.69, 9.17) is 9.47 Å². The Morgan fingerprint density at radius 1 is 1.07 bits per heavy atom. The molecule has 0 radical (unpaired) electrons. The second-order valence-electron chi connectivity index (χ2n) is 6.94. The van der Waals surface area contributed by atoms with Crippen LogP contribution in [-0.2, 0) is 9.53 Å². The third kappa shape index (κ3) is 5.73. The van der Waals surface area contributed by atoms with Crippen LogP contribution in [0.15, 0.2) is 46.9 Å². The van der Waals surface area contributed by atoms with Gasteiger partial charge in [-0.15, -0.1) is 0 Å². The molecule has 30 heavy (non-hydrogen) atoms. The molecule has 1 aliphatic heterocycles. The molecular formula is C22H26BrN3O4. The van der Waals surface area contributed by atoms with Gasteiger partial charge in [0.25, 0.3) is 5.91 Å². The molecule has 1 aliphatic rings. The van der Waals surface area contributed by atoms with E-state index in [2.05, 4.69) is 38.0 Å². The Morgan fingerprint density at radius 3 is 2.40 bits per heavy atom. The fourth-order valence-corrected chi connectivity index (χ4v) is 3.68. The second-order valence-corrected chi connectivity index (χ2v) is 7.79. The van der Waals surface area contributed by atoms with Gasteiger partial charge in [-0.3, -0.25) is 4.79 Å². The third-order valence-corrected chi connectivity index (χ3v) is 5.76. The maximum absolute atomic E-state index is 12.3. The predicted octanol–water partition coefficient (Wildman–Crippen LogP) is 3.40. The number of ether oxygens (including phenoxy) is 2. The van der Waals surface area contributed by atoms with Gasteiger partial charge in [0, 0.05) is 42.0 Å². The van der Waals surface area contributed by atoms with Crippen LogP contribution in [0.4, 0.5) is 11.4 Å². The Hall–Kier alpha value is -2.58. The number of carbonyl (C=O) groups is 2. The Balaban J connectivity index is 1.50. The lowest BCUT2D eigenvalue weighted by molar-refractivity contribution is -0.119. The molecule has 0 unspecified atom stereocenters. The molecule has 0 aliphatic carbocycles. The Labute approximate surface area is 185 Å². The number of likely N-dealkylation sites (N-methyl/N-ethyl adjacent to an activating group) is 1. The summed E-state index contributed by atoms with van der Waals surface area (Å²) in [5.41, 5.74) is 2.10. The SMILES string of the molecule is CCN1CCN(c2ccc(NC(=O)COC(=O)c3cc(OC)ccc3Br)cc2)CC1. The van der Waals surface area contributed by atoms with E-state index in [0.717, 1.165) is 38.4 Å². The molecule has 0 saturated carbocycles. The smallest absolute Gasteiger partial charge is 0.339 e. The average molecular weight is 476 g/mol. The number of rotatable bonds is 7. The third-order valence-electron chi connectivity index (χ3n) is 5.06. The molecule has 160 valence electrons. The Bertz CT molecular complexity index is 880. The first kappa shape index (κ1) is 22.1. The van der Waals surface area contributed by atoms with Gasteiger partial charge in [-0.1, -0.05) is 6.92 Å². The number of benzene rings is 2. The zero-order valence-corrected chi connectivity index (χ0v) is 18.8. The molecule has 0 bridgehead atoms. The van der Waals surface area contributed by atoms with Crippen LogP contribution in [0.5, 0.6) is 5.75 Å². The van der Waals surface area contributed by atoms with Crippen molar-refractivity contribution in [2.24, 2.45) is 0 Å². The monoisotopic (exact) mass is 475 g/mol. The number of esters is 1. The van der Waals surface area contributed by atoms with Gasteiger partial charge in [-0.2, -0.15) is 0 Å². The van der Waals surface area contributed by atoms with Gasteiger partial charge in [0.2, 0.25) is 0 Å². The molecule has 8 heteroatoms. The largest absolute Gasteiger partial charge is 0.497 e. The van der Waals surface area contributed by atoms with Crippen molar-refractivity contribution in [3.8, 4) is 5.75 Å². The van der Waals surface area contributed by atoms with Crippen LogP contribution in [0.25, 0.3) is 0 Å². The van der Waals surface area contributed by atoms with Gasteiger partial charge < -0.3 is 24.6 Å². The molecular weight excluding hydrogens is 450 g/mol. The highest BCUT2D eigenvalue weighted by molar-refractivity contribution is 9.10. The molecule has 1 heterocycles. The standard InChI is InChI=1S/C22H26BrN3O4/c1-3-25-10-12-26(13-11-25)17-6-4-16(5-7-17)24-21(27)15-30-22(28)19-14-18(29-2)8-9-20(19)23/h4-9,14H,3,10-13,15H2,1-2H3,(H,24,27). The predicted molar refractivity (Wildman–Crippen MR) is 120 cm³/mol. The molecule has 1 saturated heterocycles. The van der Waals surface area contributed by atoms with Crippen molar-refractivity contribution in [3.63, 3.8) is 0 Å². The molecule has 1 N–H and O–H groups in total. The number of hydrogen-bond acceptors (Lipinski definition) is 6. The van der Waals surface area contributed by atoms with Crippen LogP contribution in [0, 0.1) is 0 Å². The van der Waals surface area contributed by atoms with Crippen molar-refractivity contribution in [2.75, 3.05) is 56.7 Å². The van der Waals surface area contributed by atoms with Gasteiger partial charge in [0.1, 0.15) is 5.75 Å². The van der Waals surface area contributed by atoms with Crippen molar-refractivity contribution >= 4 is 39.2 Å². The van der Waals surface area contributed by atoms with Gasteiger partial charge in [0.15, 0.2) is 6.61 Å². The number of carbonyl (C=O) groups excluding carboxylic acids is 2. The number of anilines is 2. The zero-order valence-electron chi connectivity index (χ0n) is 17.2. The lowest BCUT2D eigenvalue weighted by atomic mass is 10.2. The van der Waals surface area contributed by atoms with E-state index in [1.807, 2.05) is 24.3 Å². The van der Waals surface area contributed by atoms with Crippen molar-refractivity contribution < 1.29 is 19.1 Å². The summed E-state index contributed by atoms with van der Waals surface area (Å²) in [7, 11) is 1.52. The van der Waals surface area contributed by atoms with Crippen LogP contribution in [0.1, 0.15) is 17.3 Å². The average Bonchev–Trinajstić information content (AvgIpc) is 2.78. The Kier molecular flexibility index (Phi) is 7.70. The van der Waals surface area contributed by atoms with Gasteiger partial charge in [0.05, 0.1) is 12.7 Å². The summed E-state index contributed by atoms with van der Waals surface area (Å²) in [6.07, 6.45) is 0. The maximum atomic E-state index is 12.3. The summed E-state index contributed by atoms with van der Waals surface area (Å²) in [5, 5.41) is 2.75. The van der Waals surface area contributed by atoms with E-state index in [9.17, 15) is 9.59 Å². The van der Waals surface area contributed by atoms with Crippen LogP contribution in [0.3, 0.4) is 0 Å². The molecule has 0 atom stereocenters. The van der Waals surface area contributed by atoms with Crippen LogP contribution in [-0.4, -0.2) is 63.2 Å². The zero-order chi connectivity index (χ0) is 21.5. The minimum absolute atomic E-state index is 0.301. The highest BCUT2D eigenvalue weighted by Gasteiger charge is 2.17. The summed E-state index contributed by atoms with van der Waals surface area (Å²) >= 11 is 3.30. The van der Waals surface area contributed by atoms with Crippen molar-refractivity contribution in [1.82, 2.24) is 4.90 Å². The first-order valence-corrected chi connectivity index (χ1v) is 10.7. The fourth-order valence-electron chi connectivity index (χ4n) is 3.27. The minimum Gasteiger partial charge on any atom is -0.497 e. The van der Waals surface area contributed by atoms with E-state index in [1.165, 1.54) is 7.11 Å². The molecule has 1 amide bonds. The summed E-state index contributed by atoms with van der Waals surface area (Å²) in [5.74, 6) is -0.463. The van der Waals surface area contributed by atoms with Gasteiger partial charge in [-0.05, 0) is 64.9 Å². The minimum atomic E-state index is -0.600. The van der Waals surface area contributed by atoms with Crippen molar-refractivity contribution in [3.05, 3.63) is 52.5 Å². The van der Waals surface area contributed by atoms with E-state index >= 15 is 0 Å². The van der Waals surface area contributed by atoms with E-state index < -0.39 is 11.9 Å². The Morgan fingerprint density at radius 2 is 1.77 bits per heavy atom. The quantitative estimate of drug-likeness (QED) is 0.618. The van der Waals surface area contributed by atoms with E-state index in [1.54, 1.807) is 18.2 Å². The van der Waals surface area contributed by atoms with Crippen LogP contribution in [0.2, 0.25) is 0 Å². The number of methoxy groups -OCH3 is 1. The first-order chi connectivity index (χ1) is 14.5. The van der Waals surface area contributed by atoms with Gasteiger partial charge >= 0.3 is 5.97 Å². The number of nitrogens with one attached hydrogen (secondary N) is 1. The molecule has 7 nitrogen and oxygen atoms in total. The molecule has 0 spiro atoms. The highest BCUT2D eigenvalue weighted by atomic mass is 79.9. The topological polar surface area (TPSA) is 71.1 Å². The lowest BCUT2D eigenvalue weighted by Gasteiger charge is -2.35. The van der Waals surface area contributed by atoms with E-state index in [-0.39, 0.29) is 6.61 Å². The molecule has 0 aromatic heterocycles. The number of hydrogen-bond donors (Lipinski definition) is 1. The molecule has 3 rings (SSSR count). The summed E-state index contributed by atoms with van der Waals surface area (Å²) in [6, 6.07) is 12.7. The number of nitrogens with zero attached hydrogens (tertiary/aromatic N) is 2. The highest BCUT2D eigenvalue weighted by Crippen LogP contribution is 2.23. The second kappa shape index (κ2) is 10.4. The lowest BCUT2D eigenvalue weighted by Crippen LogP contribution is -2.46. The van der Waals surface area contributed by atoms with Crippen LogP contribution >= 0.6 is 15.9 Å². The summed E-state index contributed by atoms with van der Waals surface area (Å²) in [6.45, 7) is 7.00. The summed E-state index contributed by atoms with van der Waals surface area (Å²) in [4.78, 5) is 29.2. The fraction of sp³-hybridized carbons (Fsp3) is 0.364. The molecule has 2 aromatic carbocycles. The number of amides is 1. The number of halogens is 1. The van der Waals surface area contributed by atoms with Crippen LogP contribution < -0.4 is 15.0 Å². The molecule has 1 fully saturated rings. The van der Waals surface area contributed by atoms with Gasteiger partial charge in [-0.25, -0.2) is 4.79 Å². The molecule has 2 aromatic rings. The normalized spacial score (nSPS) is 14.3. The summed E-state index contributed by atoms with van der Waals surface area (Å²) < 4.78 is 10.8. The first-order valence-electron chi connectivity index (χ1n) is 9.88.